The van der Waals surface area contributed by atoms with E-state index in [1.165, 1.54) is 0 Å². The van der Waals surface area contributed by atoms with Crippen LogP contribution < -0.4 is 30.5 Å². The number of amides is 6. The molecule has 3 heterocycles. The van der Waals surface area contributed by atoms with E-state index >= 15 is 0 Å². The molecule has 12 nitrogen and oxygen atoms in total. The van der Waals surface area contributed by atoms with E-state index in [9.17, 15) is 28.8 Å². The van der Waals surface area contributed by atoms with E-state index < -0.39 is 24.0 Å². The third kappa shape index (κ3) is 19.6. The number of nitrogens with two attached hydrogens (primary N) is 3. The summed E-state index contributed by atoms with van der Waals surface area (Å²) in [5.74, 6) is -0.280. The summed E-state index contributed by atoms with van der Waals surface area (Å²) in [6, 6.07) is -1.26. The van der Waals surface area contributed by atoms with Crippen molar-refractivity contribution in [3.63, 3.8) is 0 Å². The van der Waals surface area contributed by atoms with Crippen molar-refractivity contribution in [2.45, 2.75) is 153 Å². The molecule has 15 heteroatoms. The Balaban J connectivity index is -0.000000304. The van der Waals surface area contributed by atoms with E-state index in [1.807, 2.05) is 20.8 Å². The van der Waals surface area contributed by atoms with Gasteiger partial charge in [0.05, 0.1) is 0 Å². The molecule has 2 saturated heterocycles. The molecule has 0 spiro atoms. The Morgan fingerprint density at radius 1 is 0.686 bits per heavy atom. The minimum atomic E-state index is -0.455. The van der Waals surface area contributed by atoms with Crippen LogP contribution in [0.4, 0.5) is 0 Å². The van der Waals surface area contributed by atoms with Crippen LogP contribution in [0.3, 0.4) is 0 Å². The standard InChI is InChI=1S/2C11H20N2O2.C11H18N2O2.3CH4.I3/c3*1-3-5-8-6-10(14)13(7-8)9(4-2)11(12)15;;;;1-3-2/h2*8-9H,3-7H2,1-2H3,(H2,12,15);6,9H,3-5,7H2,1-2H3,(H2,12,15);3*1H4;/q;;;;;;-1/t8-,9+;8-,9-;9-;;;;/m100..../s1. The molecule has 0 aromatic heterocycles. The number of nitrogens with zero attached hydrogens (tertiary/aromatic N) is 3. The Morgan fingerprint density at radius 2 is 1.02 bits per heavy atom. The molecule has 302 valence electrons. The molecule has 0 bridgehead atoms. The van der Waals surface area contributed by atoms with E-state index in [4.69, 9.17) is 17.2 Å². The van der Waals surface area contributed by atoms with Gasteiger partial charge in [-0.3, -0.25) is 28.8 Å². The van der Waals surface area contributed by atoms with Gasteiger partial charge < -0.3 is 31.9 Å². The number of rotatable bonds is 15. The second-order valence-electron chi connectivity index (χ2n) is 12.4. The van der Waals surface area contributed by atoms with Crippen molar-refractivity contribution in [1.29, 1.82) is 0 Å². The second-order valence-corrected chi connectivity index (χ2v) is 28.6. The van der Waals surface area contributed by atoms with Crippen molar-refractivity contribution in [2.75, 3.05) is 19.6 Å². The SMILES string of the molecule is C.C.C.CCCC1=CC(=O)N([C@@H](CC)C(N)=O)C1.CCC[C@@H]1CC(=O)N([C@@H](CC)C(N)=O)C1.CCC[C@H]1CC(=O)N([C@@H](CC)C(N)=O)C1.I[I-]I. The third-order valence-corrected chi connectivity index (χ3v) is 8.70. The first-order valence-corrected chi connectivity index (χ1v) is 29.6. The van der Waals surface area contributed by atoms with Gasteiger partial charge in [-0.25, -0.2) is 0 Å². The monoisotopic (exact) mass is 1060 g/mol. The topological polar surface area (TPSA) is 190 Å². The minimum absolute atomic E-state index is 0. The molecule has 0 radical (unpaired) electrons. The molecule has 3 rings (SSSR count). The summed E-state index contributed by atoms with van der Waals surface area (Å²) in [5, 5.41) is 0. The van der Waals surface area contributed by atoms with Gasteiger partial charge in [-0.1, -0.05) is 83.1 Å². The Hall–Kier alpha value is -1.25. The van der Waals surface area contributed by atoms with Gasteiger partial charge in [0.15, 0.2) is 0 Å². The predicted octanol–water partition coefficient (Wildman–Crippen LogP) is 3.30. The number of hydrogen-bond donors (Lipinski definition) is 3. The molecule has 5 atom stereocenters. The van der Waals surface area contributed by atoms with Crippen molar-refractivity contribution in [2.24, 2.45) is 29.0 Å². The first-order valence-electron chi connectivity index (χ1n) is 17.0. The zero-order valence-corrected chi connectivity index (χ0v) is 36.0. The summed E-state index contributed by atoms with van der Waals surface area (Å²) in [5.41, 5.74) is 16.9. The molecule has 3 aliphatic heterocycles. The van der Waals surface area contributed by atoms with E-state index in [0.29, 0.717) is 76.8 Å². The van der Waals surface area contributed by atoms with Crippen LogP contribution in [-0.2, 0) is 28.8 Å². The molecule has 6 N–H and O–H groups in total. The molecule has 0 unspecified atom stereocenters. The molecule has 0 aromatic rings. The zero-order valence-electron chi connectivity index (χ0n) is 29.5. The van der Waals surface area contributed by atoms with Gasteiger partial charge in [0.25, 0.3) is 0 Å². The fraction of sp³-hybridized carbons (Fsp3) is 0.778. The van der Waals surface area contributed by atoms with Gasteiger partial charge in [-0.2, -0.15) is 0 Å². The van der Waals surface area contributed by atoms with Crippen molar-refractivity contribution in [1.82, 2.24) is 14.7 Å². The van der Waals surface area contributed by atoms with Crippen LogP contribution >= 0.6 is 37.2 Å². The fourth-order valence-electron chi connectivity index (χ4n) is 6.48. The summed E-state index contributed by atoms with van der Waals surface area (Å²) in [4.78, 5) is 73.3. The summed E-state index contributed by atoms with van der Waals surface area (Å²) in [7, 11) is 0. The number of carbonyl (C=O) groups excluding carboxylic acids is 6. The number of halogens is 3. The van der Waals surface area contributed by atoms with Gasteiger partial charge >= 0.3 is 50.5 Å². The van der Waals surface area contributed by atoms with Crippen molar-refractivity contribution in [3.05, 3.63) is 11.6 Å². The molecule has 2 fully saturated rings. The average Bonchev–Trinajstić information content (AvgIpc) is 3.67. The number of likely N-dealkylation sites (tertiary alicyclic amines) is 2. The summed E-state index contributed by atoms with van der Waals surface area (Å²) in [6.07, 6.45) is 10.8. The maximum atomic E-state index is 11.7. The van der Waals surface area contributed by atoms with Crippen molar-refractivity contribution in [3.8, 4) is 0 Å². The summed E-state index contributed by atoms with van der Waals surface area (Å²) < 4.78 is 0. The number of carbonyl (C=O) groups is 6. The van der Waals surface area contributed by atoms with Crippen LogP contribution in [0, 0.1) is 11.8 Å². The van der Waals surface area contributed by atoms with E-state index in [2.05, 4.69) is 58.0 Å². The summed E-state index contributed by atoms with van der Waals surface area (Å²) in [6.45, 7) is 13.9. The van der Waals surface area contributed by atoms with Crippen LogP contribution in [0.25, 0.3) is 0 Å². The Kier molecular flexibility index (Phi) is 34.5. The maximum absolute atomic E-state index is 11.7. The molecular weight excluding hydrogens is 993 g/mol. The predicted molar refractivity (Wildman–Crippen MR) is 222 cm³/mol. The van der Waals surface area contributed by atoms with E-state index in [1.54, 1.807) is 20.8 Å². The molecule has 51 heavy (non-hydrogen) atoms. The Morgan fingerprint density at radius 3 is 1.29 bits per heavy atom. The van der Waals surface area contributed by atoms with Crippen LogP contribution in [-0.4, -0.2) is 87.9 Å². The molecule has 6 amide bonds. The zero-order chi connectivity index (χ0) is 37.0. The first kappa shape index (κ1) is 56.5. The Labute approximate surface area is 339 Å². The molecule has 0 saturated carbocycles. The van der Waals surface area contributed by atoms with E-state index in [0.717, 1.165) is 44.1 Å². The molecule has 0 aromatic carbocycles. The third-order valence-electron chi connectivity index (χ3n) is 8.70. The average molecular weight is 1060 g/mol. The van der Waals surface area contributed by atoms with Crippen molar-refractivity contribution >= 4 is 72.7 Å². The van der Waals surface area contributed by atoms with Crippen LogP contribution in [0.5, 0.6) is 0 Å². The second kappa shape index (κ2) is 31.1. The van der Waals surface area contributed by atoms with Gasteiger partial charge in [0.1, 0.15) is 18.1 Å². The number of hydrogen-bond acceptors (Lipinski definition) is 6. The molecule has 0 aliphatic carbocycles. The number of primary amides is 3. The summed E-state index contributed by atoms with van der Waals surface area (Å²) >= 11 is 5.30. The molecular formula is C36H70I3N6O6-. The Bertz CT molecular complexity index is 1020. The normalized spacial score (nSPS) is 19.3. The van der Waals surface area contributed by atoms with Crippen molar-refractivity contribution < 1.29 is 42.0 Å². The fourth-order valence-corrected chi connectivity index (χ4v) is 6.48. The van der Waals surface area contributed by atoms with Crippen LogP contribution in [0.1, 0.15) is 134 Å². The van der Waals surface area contributed by atoms with E-state index in [-0.39, 0.29) is 51.8 Å². The van der Waals surface area contributed by atoms with Gasteiger partial charge in [-0.05, 0) is 55.9 Å². The quantitative estimate of drug-likeness (QED) is 0.211. The van der Waals surface area contributed by atoms with Gasteiger partial charge in [-0.15, -0.1) is 0 Å². The van der Waals surface area contributed by atoms with Crippen LogP contribution in [0.2, 0.25) is 0 Å². The van der Waals surface area contributed by atoms with Gasteiger partial charge in [0, 0.05) is 38.6 Å². The molecule has 3 aliphatic rings. The van der Waals surface area contributed by atoms with Crippen LogP contribution in [0.15, 0.2) is 11.6 Å². The van der Waals surface area contributed by atoms with Gasteiger partial charge in [0.2, 0.25) is 35.4 Å². The first-order chi connectivity index (χ1) is 22.7.